The number of nitrogens with one attached hydrogen (secondary N) is 1. The first-order valence-corrected chi connectivity index (χ1v) is 7.71. The number of carbonyl (C=O) groups excluding carboxylic acids is 2. The molecular formula is C19H21NO4. The van der Waals surface area contributed by atoms with Gasteiger partial charge in [-0.05, 0) is 30.2 Å². The van der Waals surface area contributed by atoms with Crippen molar-refractivity contribution in [3.05, 3.63) is 65.7 Å². The van der Waals surface area contributed by atoms with E-state index in [0.717, 1.165) is 16.9 Å². The zero-order valence-corrected chi connectivity index (χ0v) is 13.8. The molecule has 0 unspecified atom stereocenters. The first kappa shape index (κ1) is 17.5. The van der Waals surface area contributed by atoms with Crippen molar-refractivity contribution in [2.45, 2.75) is 19.4 Å². The highest BCUT2D eigenvalue weighted by molar-refractivity contribution is 5.81. The van der Waals surface area contributed by atoms with Gasteiger partial charge < -0.3 is 14.8 Å². The molecule has 1 amide bonds. The van der Waals surface area contributed by atoms with Crippen molar-refractivity contribution in [2.24, 2.45) is 0 Å². The molecule has 0 radical (unpaired) electrons. The Hall–Kier alpha value is -2.82. The summed E-state index contributed by atoms with van der Waals surface area (Å²) >= 11 is 0. The molecule has 5 nitrogen and oxygen atoms in total. The van der Waals surface area contributed by atoms with E-state index < -0.39 is 5.97 Å². The van der Waals surface area contributed by atoms with Crippen LogP contribution in [0.1, 0.15) is 24.1 Å². The predicted molar refractivity (Wildman–Crippen MR) is 90.7 cm³/mol. The highest BCUT2D eigenvalue weighted by Gasteiger charge is 2.12. The van der Waals surface area contributed by atoms with Gasteiger partial charge in [-0.1, -0.05) is 42.5 Å². The highest BCUT2D eigenvalue weighted by Crippen LogP contribution is 2.12. The molecule has 0 bridgehead atoms. The lowest BCUT2D eigenvalue weighted by Crippen LogP contribution is -2.31. The van der Waals surface area contributed by atoms with Crippen molar-refractivity contribution in [2.75, 3.05) is 13.7 Å². The number of carbonyl (C=O) groups is 2. The van der Waals surface area contributed by atoms with E-state index in [1.54, 1.807) is 31.4 Å². The predicted octanol–water partition coefficient (Wildman–Crippen LogP) is 2.66. The normalized spacial score (nSPS) is 11.4. The minimum atomic E-state index is -0.442. The molecule has 2 aromatic rings. The third kappa shape index (κ3) is 5.43. The number of rotatable bonds is 7. The smallest absolute Gasteiger partial charge is 0.310 e. The second-order valence-corrected chi connectivity index (χ2v) is 5.39. The number of amides is 1. The van der Waals surface area contributed by atoms with E-state index in [0.29, 0.717) is 0 Å². The topological polar surface area (TPSA) is 64.6 Å². The van der Waals surface area contributed by atoms with Gasteiger partial charge in [0.1, 0.15) is 5.75 Å². The maximum Gasteiger partial charge on any atom is 0.310 e. The largest absolute Gasteiger partial charge is 0.497 e. The van der Waals surface area contributed by atoms with E-state index in [-0.39, 0.29) is 25.0 Å². The number of esters is 1. The Bertz CT molecular complexity index is 668. The van der Waals surface area contributed by atoms with Gasteiger partial charge in [-0.15, -0.1) is 0 Å². The van der Waals surface area contributed by atoms with Gasteiger partial charge in [0.15, 0.2) is 6.61 Å². The van der Waals surface area contributed by atoms with Crippen LogP contribution in [-0.4, -0.2) is 25.6 Å². The first-order valence-electron chi connectivity index (χ1n) is 7.71. The van der Waals surface area contributed by atoms with Gasteiger partial charge in [0.2, 0.25) is 0 Å². The fraction of sp³-hybridized carbons (Fsp3) is 0.263. The molecule has 1 atom stereocenters. The van der Waals surface area contributed by atoms with Gasteiger partial charge in [0.05, 0.1) is 19.6 Å². The van der Waals surface area contributed by atoms with Gasteiger partial charge >= 0.3 is 5.97 Å². The first-order chi connectivity index (χ1) is 11.6. The van der Waals surface area contributed by atoms with Crippen molar-refractivity contribution in [1.29, 1.82) is 0 Å². The Kier molecular flexibility index (Phi) is 6.37. The Labute approximate surface area is 141 Å². The number of ether oxygens (including phenoxy) is 2. The van der Waals surface area contributed by atoms with Crippen LogP contribution >= 0.6 is 0 Å². The number of methoxy groups -OCH3 is 1. The molecule has 2 aromatic carbocycles. The molecule has 5 heteroatoms. The average Bonchev–Trinajstić information content (AvgIpc) is 2.61. The van der Waals surface area contributed by atoms with E-state index in [1.807, 2.05) is 37.3 Å². The Morgan fingerprint density at radius 3 is 2.33 bits per heavy atom. The molecule has 126 valence electrons. The number of benzene rings is 2. The lowest BCUT2D eigenvalue weighted by molar-refractivity contribution is -0.148. The quantitative estimate of drug-likeness (QED) is 0.794. The molecule has 0 saturated heterocycles. The minimum absolute atomic E-state index is 0.117. The third-order valence-electron chi connectivity index (χ3n) is 3.55. The van der Waals surface area contributed by atoms with E-state index in [9.17, 15) is 9.59 Å². The molecule has 0 spiro atoms. The summed E-state index contributed by atoms with van der Waals surface area (Å²) in [6, 6.07) is 16.6. The summed E-state index contributed by atoms with van der Waals surface area (Å²) in [5.41, 5.74) is 1.80. The van der Waals surface area contributed by atoms with Crippen LogP contribution in [0.25, 0.3) is 0 Å². The SMILES string of the molecule is COc1ccc(CC(=O)OCC(=O)N[C@H](C)c2ccccc2)cc1. The summed E-state index contributed by atoms with van der Waals surface area (Å²) in [4.78, 5) is 23.7. The molecule has 0 aliphatic carbocycles. The van der Waals surface area contributed by atoms with Crippen LogP contribution in [0.15, 0.2) is 54.6 Å². The van der Waals surface area contributed by atoms with Crippen LogP contribution in [0, 0.1) is 0 Å². The van der Waals surface area contributed by atoms with Gasteiger partial charge in [-0.25, -0.2) is 0 Å². The van der Waals surface area contributed by atoms with Gasteiger partial charge in [0.25, 0.3) is 5.91 Å². The second kappa shape index (κ2) is 8.72. The fourth-order valence-electron chi connectivity index (χ4n) is 2.22. The molecule has 2 rings (SSSR count). The summed E-state index contributed by atoms with van der Waals surface area (Å²) in [5, 5.41) is 2.80. The summed E-state index contributed by atoms with van der Waals surface area (Å²) in [6.07, 6.45) is 0.117. The Balaban J connectivity index is 1.75. The molecule has 0 aliphatic rings. The lowest BCUT2D eigenvalue weighted by Gasteiger charge is -2.14. The summed E-state index contributed by atoms with van der Waals surface area (Å²) < 4.78 is 10.1. The van der Waals surface area contributed by atoms with Crippen molar-refractivity contribution in [3.8, 4) is 5.75 Å². The van der Waals surface area contributed by atoms with Crippen LogP contribution in [0.4, 0.5) is 0 Å². The van der Waals surface area contributed by atoms with E-state index in [4.69, 9.17) is 9.47 Å². The standard InChI is InChI=1S/C19H21NO4/c1-14(16-6-4-3-5-7-16)20-18(21)13-24-19(22)12-15-8-10-17(23-2)11-9-15/h3-11,14H,12-13H2,1-2H3,(H,20,21)/t14-/m1/s1. The molecule has 0 saturated carbocycles. The van der Waals surface area contributed by atoms with Crippen LogP contribution in [0.3, 0.4) is 0 Å². The Morgan fingerprint density at radius 2 is 1.71 bits per heavy atom. The highest BCUT2D eigenvalue weighted by atomic mass is 16.5. The van der Waals surface area contributed by atoms with Crippen molar-refractivity contribution in [1.82, 2.24) is 5.32 Å². The maximum absolute atomic E-state index is 11.9. The summed E-state index contributed by atoms with van der Waals surface area (Å²) in [6.45, 7) is 1.60. The van der Waals surface area contributed by atoms with Crippen LogP contribution in [0.2, 0.25) is 0 Å². The van der Waals surface area contributed by atoms with Crippen molar-refractivity contribution < 1.29 is 19.1 Å². The zero-order valence-electron chi connectivity index (χ0n) is 13.8. The maximum atomic E-state index is 11.9. The van der Waals surface area contributed by atoms with Crippen LogP contribution in [0.5, 0.6) is 5.75 Å². The fourth-order valence-corrected chi connectivity index (χ4v) is 2.22. The molecule has 24 heavy (non-hydrogen) atoms. The van der Waals surface area contributed by atoms with E-state index in [1.165, 1.54) is 0 Å². The molecule has 0 aliphatic heterocycles. The van der Waals surface area contributed by atoms with Crippen molar-refractivity contribution >= 4 is 11.9 Å². The monoisotopic (exact) mass is 327 g/mol. The minimum Gasteiger partial charge on any atom is -0.497 e. The van der Waals surface area contributed by atoms with Gasteiger partial charge in [-0.2, -0.15) is 0 Å². The second-order valence-electron chi connectivity index (χ2n) is 5.39. The third-order valence-corrected chi connectivity index (χ3v) is 3.55. The Morgan fingerprint density at radius 1 is 1.04 bits per heavy atom. The molecule has 0 heterocycles. The van der Waals surface area contributed by atoms with Crippen LogP contribution < -0.4 is 10.1 Å². The van der Waals surface area contributed by atoms with E-state index >= 15 is 0 Å². The zero-order chi connectivity index (χ0) is 17.4. The lowest BCUT2D eigenvalue weighted by atomic mass is 10.1. The van der Waals surface area contributed by atoms with E-state index in [2.05, 4.69) is 5.32 Å². The molecular weight excluding hydrogens is 306 g/mol. The molecule has 0 aromatic heterocycles. The van der Waals surface area contributed by atoms with Crippen LogP contribution in [-0.2, 0) is 20.7 Å². The van der Waals surface area contributed by atoms with Gasteiger partial charge in [-0.3, -0.25) is 9.59 Å². The van der Waals surface area contributed by atoms with Crippen molar-refractivity contribution in [3.63, 3.8) is 0 Å². The molecule has 1 N–H and O–H groups in total. The summed E-state index contributed by atoms with van der Waals surface area (Å²) in [7, 11) is 1.58. The summed E-state index contributed by atoms with van der Waals surface area (Å²) in [5.74, 6) is -0.0430. The molecule has 0 fully saturated rings. The number of hydrogen-bond donors (Lipinski definition) is 1. The van der Waals surface area contributed by atoms with Gasteiger partial charge in [0, 0.05) is 0 Å². The number of hydrogen-bond acceptors (Lipinski definition) is 4. The average molecular weight is 327 g/mol.